The van der Waals surface area contributed by atoms with Crippen molar-refractivity contribution in [1.82, 2.24) is 14.9 Å². The molecule has 2 fully saturated rings. The third-order valence-electron chi connectivity index (χ3n) is 5.24. The summed E-state index contributed by atoms with van der Waals surface area (Å²) in [6.07, 6.45) is 0.980. The van der Waals surface area contributed by atoms with Crippen molar-refractivity contribution in [3.63, 3.8) is 0 Å². The number of amides is 1. The Morgan fingerprint density at radius 1 is 1.25 bits per heavy atom. The molecule has 8 nitrogen and oxygen atoms in total. The Kier molecular flexibility index (Phi) is 7.42. The molecule has 1 amide bonds. The largest absolute Gasteiger partial charge is 0.381 e. The van der Waals surface area contributed by atoms with E-state index in [1.165, 1.54) is 12.1 Å². The first-order chi connectivity index (χ1) is 13.5. The third kappa shape index (κ3) is 5.30. The number of rotatable bonds is 8. The van der Waals surface area contributed by atoms with Gasteiger partial charge in [-0.1, -0.05) is 13.0 Å². The smallest absolute Gasteiger partial charge is 0.251 e. The maximum Gasteiger partial charge on any atom is 0.251 e. The van der Waals surface area contributed by atoms with Crippen LogP contribution in [-0.4, -0.2) is 77.9 Å². The van der Waals surface area contributed by atoms with E-state index < -0.39 is 10.0 Å². The van der Waals surface area contributed by atoms with Gasteiger partial charge in [-0.3, -0.25) is 9.69 Å². The van der Waals surface area contributed by atoms with Gasteiger partial charge in [0.25, 0.3) is 5.91 Å². The maximum atomic E-state index is 12.7. The quantitative estimate of drug-likeness (QED) is 0.645. The highest BCUT2D eigenvalue weighted by molar-refractivity contribution is 7.89. The van der Waals surface area contributed by atoms with Gasteiger partial charge in [0.05, 0.1) is 24.7 Å². The lowest BCUT2D eigenvalue weighted by atomic mass is 9.96. The van der Waals surface area contributed by atoms with E-state index >= 15 is 0 Å². The fraction of sp³-hybridized carbons (Fsp3) is 0.632. The van der Waals surface area contributed by atoms with Crippen molar-refractivity contribution in [2.24, 2.45) is 5.92 Å². The van der Waals surface area contributed by atoms with E-state index in [2.05, 4.69) is 14.9 Å². The van der Waals surface area contributed by atoms with Gasteiger partial charge in [-0.05, 0) is 24.6 Å². The number of ether oxygens (including phenoxy) is 2. The zero-order chi connectivity index (χ0) is 20.0. The molecule has 28 heavy (non-hydrogen) atoms. The molecule has 0 bridgehead atoms. The van der Waals surface area contributed by atoms with Crippen molar-refractivity contribution in [2.45, 2.75) is 24.3 Å². The van der Waals surface area contributed by atoms with E-state index in [4.69, 9.17) is 9.47 Å². The van der Waals surface area contributed by atoms with E-state index in [1.54, 1.807) is 19.1 Å². The van der Waals surface area contributed by atoms with E-state index in [0.717, 1.165) is 26.1 Å². The van der Waals surface area contributed by atoms with Gasteiger partial charge in [0.1, 0.15) is 0 Å². The Morgan fingerprint density at radius 2 is 2.04 bits per heavy atom. The summed E-state index contributed by atoms with van der Waals surface area (Å²) in [5.74, 6) is 0.101. The van der Waals surface area contributed by atoms with Crippen LogP contribution in [0.15, 0.2) is 29.2 Å². The summed E-state index contributed by atoms with van der Waals surface area (Å²) in [5, 5.41) is 2.99. The summed E-state index contributed by atoms with van der Waals surface area (Å²) < 4.78 is 37.8. The number of hydrogen-bond donors (Lipinski definition) is 2. The molecular formula is C19H29N3O5S. The van der Waals surface area contributed by atoms with Crippen molar-refractivity contribution in [3.8, 4) is 0 Å². The van der Waals surface area contributed by atoms with Crippen molar-refractivity contribution >= 4 is 15.9 Å². The van der Waals surface area contributed by atoms with Crippen molar-refractivity contribution < 1.29 is 22.7 Å². The molecule has 0 aromatic heterocycles. The first-order valence-electron chi connectivity index (χ1n) is 9.78. The predicted molar refractivity (Wildman–Crippen MR) is 105 cm³/mol. The van der Waals surface area contributed by atoms with Gasteiger partial charge in [-0.15, -0.1) is 0 Å². The molecule has 2 aliphatic heterocycles. The fourth-order valence-corrected chi connectivity index (χ4v) is 4.82. The summed E-state index contributed by atoms with van der Waals surface area (Å²) in [6, 6.07) is 6.30. The minimum absolute atomic E-state index is 0.0934. The van der Waals surface area contributed by atoms with Crippen LogP contribution in [0.25, 0.3) is 0 Å². The number of hydrogen-bond acceptors (Lipinski definition) is 6. The van der Waals surface area contributed by atoms with Crippen LogP contribution in [0, 0.1) is 5.92 Å². The monoisotopic (exact) mass is 411 g/mol. The summed E-state index contributed by atoms with van der Waals surface area (Å²) in [7, 11) is -3.60. The fourth-order valence-electron chi connectivity index (χ4n) is 3.74. The van der Waals surface area contributed by atoms with E-state index in [0.29, 0.717) is 44.4 Å². The standard InChI is InChI=1S/C19H29N3O5S/c1-2-21-28(24,25)17-5-3-4-15(12-17)19(23)20-13-18(16-6-9-27-14-16)22-7-10-26-11-8-22/h3-5,12,16,18,21H,2,6-11,13-14H2,1H3,(H,20,23). The Hall–Kier alpha value is -1.52. The zero-order valence-corrected chi connectivity index (χ0v) is 17.0. The van der Waals surface area contributed by atoms with Crippen molar-refractivity contribution in [1.29, 1.82) is 0 Å². The van der Waals surface area contributed by atoms with Gasteiger partial charge in [-0.25, -0.2) is 13.1 Å². The number of nitrogens with one attached hydrogen (secondary N) is 2. The number of nitrogens with zero attached hydrogens (tertiary/aromatic N) is 1. The van der Waals surface area contributed by atoms with Crippen molar-refractivity contribution in [3.05, 3.63) is 29.8 Å². The molecule has 1 aromatic carbocycles. The summed E-state index contributed by atoms with van der Waals surface area (Å²) in [6.45, 7) is 7.04. The molecule has 2 N–H and O–H groups in total. The van der Waals surface area contributed by atoms with Gasteiger partial charge in [0.15, 0.2) is 0 Å². The molecule has 9 heteroatoms. The van der Waals surface area contributed by atoms with Gasteiger partial charge in [0.2, 0.25) is 10.0 Å². The van der Waals surface area contributed by atoms with Crippen LogP contribution < -0.4 is 10.0 Å². The second kappa shape index (κ2) is 9.80. The van der Waals surface area contributed by atoms with Crippen LogP contribution >= 0.6 is 0 Å². The molecule has 156 valence electrons. The minimum Gasteiger partial charge on any atom is -0.381 e. The first-order valence-corrected chi connectivity index (χ1v) is 11.3. The molecule has 0 saturated carbocycles. The van der Waals surface area contributed by atoms with Gasteiger partial charge in [-0.2, -0.15) is 0 Å². The highest BCUT2D eigenvalue weighted by Gasteiger charge is 2.31. The van der Waals surface area contributed by atoms with E-state index in [9.17, 15) is 13.2 Å². The average Bonchev–Trinajstić information content (AvgIpc) is 3.23. The molecule has 2 unspecified atom stereocenters. The van der Waals surface area contributed by atoms with E-state index in [1.807, 2.05) is 0 Å². The Morgan fingerprint density at radius 3 is 2.71 bits per heavy atom. The molecule has 0 aliphatic carbocycles. The molecule has 1 aromatic rings. The first kappa shape index (κ1) is 21.2. The number of carbonyl (C=O) groups excluding carboxylic acids is 1. The van der Waals surface area contributed by atoms with Crippen molar-refractivity contribution in [2.75, 3.05) is 52.6 Å². The minimum atomic E-state index is -3.60. The lowest BCUT2D eigenvalue weighted by Crippen LogP contribution is -2.52. The van der Waals surface area contributed by atoms with Crippen LogP contribution in [0.5, 0.6) is 0 Å². The Labute approximate surface area is 166 Å². The second-order valence-electron chi connectivity index (χ2n) is 7.08. The summed E-state index contributed by atoms with van der Waals surface area (Å²) in [5.41, 5.74) is 0.336. The topological polar surface area (TPSA) is 97.0 Å². The van der Waals surface area contributed by atoms with Crippen LogP contribution in [0.1, 0.15) is 23.7 Å². The number of morpholine rings is 1. The molecule has 2 heterocycles. The molecule has 2 saturated heterocycles. The normalized spacial score (nSPS) is 22.1. The summed E-state index contributed by atoms with van der Waals surface area (Å²) in [4.78, 5) is 15.1. The van der Waals surface area contributed by atoms with Gasteiger partial charge in [0, 0.05) is 50.3 Å². The third-order valence-corrected chi connectivity index (χ3v) is 6.78. The molecular weight excluding hydrogens is 382 g/mol. The molecule has 2 atom stereocenters. The number of carbonyl (C=O) groups is 1. The predicted octanol–water partition coefficient (Wildman–Crippen LogP) is 0.452. The number of sulfonamides is 1. The Balaban J connectivity index is 1.67. The zero-order valence-electron chi connectivity index (χ0n) is 16.2. The molecule has 0 spiro atoms. The van der Waals surface area contributed by atoms with Gasteiger partial charge >= 0.3 is 0 Å². The molecule has 3 rings (SSSR count). The van der Waals surface area contributed by atoms with Gasteiger partial charge < -0.3 is 14.8 Å². The Bertz CT molecular complexity index is 759. The molecule has 0 radical (unpaired) electrons. The highest BCUT2D eigenvalue weighted by Crippen LogP contribution is 2.22. The number of benzene rings is 1. The lowest BCUT2D eigenvalue weighted by molar-refractivity contribution is 0.00166. The van der Waals surface area contributed by atoms with Crippen LogP contribution in [0.4, 0.5) is 0 Å². The second-order valence-corrected chi connectivity index (χ2v) is 8.85. The van der Waals surface area contributed by atoms with E-state index in [-0.39, 0.29) is 16.8 Å². The maximum absolute atomic E-state index is 12.7. The van der Waals surface area contributed by atoms with Crippen LogP contribution in [0.3, 0.4) is 0 Å². The lowest BCUT2D eigenvalue weighted by Gasteiger charge is -2.37. The SMILES string of the molecule is CCNS(=O)(=O)c1cccc(C(=O)NCC(C2CCOC2)N2CCOCC2)c1. The van der Waals surface area contributed by atoms with Crippen LogP contribution in [-0.2, 0) is 19.5 Å². The van der Waals surface area contributed by atoms with Crippen LogP contribution in [0.2, 0.25) is 0 Å². The molecule has 2 aliphatic rings. The average molecular weight is 412 g/mol. The summed E-state index contributed by atoms with van der Waals surface area (Å²) >= 11 is 0. The highest BCUT2D eigenvalue weighted by atomic mass is 32.2.